The van der Waals surface area contributed by atoms with E-state index in [4.69, 9.17) is 19.9 Å². The third kappa shape index (κ3) is 4.29. The van der Waals surface area contributed by atoms with E-state index in [0.29, 0.717) is 25.7 Å². The minimum atomic E-state index is 0.537. The van der Waals surface area contributed by atoms with Crippen LogP contribution >= 0.6 is 0 Å². The fourth-order valence-electron chi connectivity index (χ4n) is 1.95. The molecule has 0 aromatic heterocycles. The van der Waals surface area contributed by atoms with Crippen LogP contribution in [-0.2, 0) is 16.0 Å². The Morgan fingerprint density at radius 2 is 2.28 bits per heavy atom. The molecule has 0 saturated carbocycles. The standard InChI is InChI=1S/C14H21NO3/c15-9-12-2-1-3-14(8-12)18-7-6-17-11-13-4-5-16-10-13/h1-3,8,13H,4-7,9-11,15H2. The van der Waals surface area contributed by atoms with Gasteiger partial charge in [0.1, 0.15) is 12.4 Å². The van der Waals surface area contributed by atoms with Gasteiger partial charge in [0.05, 0.1) is 19.8 Å². The molecule has 0 radical (unpaired) electrons. The van der Waals surface area contributed by atoms with E-state index >= 15 is 0 Å². The maximum absolute atomic E-state index is 5.60. The van der Waals surface area contributed by atoms with E-state index in [2.05, 4.69) is 0 Å². The molecule has 1 aliphatic rings. The fourth-order valence-corrected chi connectivity index (χ4v) is 1.95. The summed E-state index contributed by atoms with van der Waals surface area (Å²) in [5.74, 6) is 1.41. The monoisotopic (exact) mass is 251 g/mol. The predicted octanol–water partition coefficient (Wildman–Crippen LogP) is 1.58. The Morgan fingerprint density at radius 3 is 3.06 bits per heavy atom. The smallest absolute Gasteiger partial charge is 0.119 e. The summed E-state index contributed by atoms with van der Waals surface area (Å²) in [4.78, 5) is 0. The van der Waals surface area contributed by atoms with Gasteiger partial charge in [0, 0.05) is 19.1 Å². The Balaban J connectivity index is 1.59. The van der Waals surface area contributed by atoms with E-state index in [1.165, 1.54) is 0 Å². The van der Waals surface area contributed by atoms with Crippen LogP contribution in [0, 0.1) is 5.92 Å². The van der Waals surface area contributed by atoms with Gasteiger partial charge in [-0.05, 0) is 24.1 Å². The molecule has 1 aromatic carbocycles. The lowest BCUT2D eigenvalue weighted by atomic mass is 10.1. The largest absolute Gasteiger partial charge is 0.491 e. The van der Waals surface area contributed by atoms with Gasteiger partial charge in [-0.25, -0.2) is 0 Å². The van der Waals surface area contributed by atoms with Crippen LogP contribution in [0.1, 0.15) is 12.0 Å². The molecule has 1 fully saturated rings. The van der Waals surface area contributed by atoms with Crippen molar-refractivity contribution < 1.29 is 14.2 Å². The number of hydrogen-bond acceptors (Lipinski definition) is 4. The summed E-state index contributed by atoms with van der Waals surface area (Å²) in [6, 6.07) is 7.84. The molecule has 0 amide bonds. The average Bonchev–Trinajstić information content (AvgIpc) is 2.92. The van der Waals surface area contributed by atoms with E-state index in [1.807, 2.05) is 24.3 Å². The molecule has 0 spiro atoms. The zero-order valence-electron chi connectivity index (χ0n) is 10.6. The van der Waals surface area contributed by atoms with Crippen molar-refractivity contribution in [1.29, 1.82) is 0 Å². The molecule has 0 bridgehead atoms. The number of benzene rings is 1. The van der Waals surface area contributed by atoms with Gasteiger partial charge in [0.25, 0.3) is 0 Å². The maximum Gasteiger partial charge on any atom is 0.119 e. The average molecular weight is 251 g/mol. The predicted molar refractivity (Wildman–Crippen MR) is 69.6 cm³/mol. The number of hydrogen-bond donors (Lipinski definition) is 1. The molecule has 2 rings (SSSR count). The summed E-state index contributed by atoms with van der Waals surface area (Å²) < 4.78 is 16.5. The zero-order valence-corrected chi connectivity index (χ0v) is 10.6. The van der Waals surface area contributed by atoms with E-state index < -0.39 is 0 Å². The Morgan fingerprint density at radius 1 is 1.33 bits per heavy atom. The zero-order chi connectivity index (χ0) is 12.6. The Hall–Kier alpha value is -1.10. The molecule has 1 aliphatic heterocycles. The highest BCUT2D eigenvalue weighted by atomic mass is 16.5. The number of nitrogens with two attached hydrogens (primary N) is 1. The Kier molecular flexibility index (Phi) is 5.45. The quantitative estimate of drug-likeness (QED) is 0.747. The summed E-state index contributed by atoms with van der Waals surface area (Å²) in [5.41, 5.74) is 6.65. The van der Waals surface area contributed by atoms with Crippen LogP contribution in [0.25, 0.3) is 0 Å². The van der Waals surface area contributed by atoms with Crippen molar-refractivity contribution in [2.75, 3.05) is 33.0 Å². The van der Waals surface area contributed by atoms with Crippen LogP contribution < -0.4 is 10.5 Å². The second-order valence-electron chi connectivity index (χ2n) is 4.50. The van der Waals surface area contributed by atoms with Gasteiger partial charge in [-0.15, -0.1) is 0 Å². The van der Waals surface area contributed by atoms with Crippen LogP contribution in [-0.4, -0.2) is 33.0 Å². The SMILES string of the molecule is NCc1cccc(OCCOCC2CCOC2)c1. The normalized spacial score (nSPS) is 19.1. The van der Waals surface area contributed by atoms with E-state index in [0.717, 1.165) is 37.6 Å². The highest BCUT2D eigenvalue weighted by Crippen LogP contribution is 2.13. The molecule has 1 aromatic rings. The number of ether oxygens (including phenoxy) is 3. The first kappa shape index (κ1) is 13.3. The first-order chi connectivity index (χ1) is 8.88. The lowest BCUT2D eigenvalue weighted by molar-refractivity contribution is 0.0684. The summed E-state index contributed by atoms with van der Waals surface area (Å²) >= 11 is 0. The summed E-state index contributed by atoms with van der Waals surface area (Å²) in [6.07, 6.45) is 1.11. The Labute approximate surface area is 108 Å². The van der Waals surface area contributed by atoms with Crippen LogP contribution in [0.5, 0.6) is 5.75 Å². The fraction of sp³-hybridized carbons (Fsp3) is 0.571. The molecule has 1 unspecified atom stereocenters. The highest BCUT2D eigenvalue weighted by Gasteiger charge is 2.15. The van der Waals surface area contributed by atoms with E-state index in [-0.39, 0.29) is 0 Å². The highest BCUT2D eigenvalue weighted by molar-refractivity contribution is 5.28. The minimum Gasteiger partial charge on any atom is -0.491 e. The van der Waals surface area contributed by atoms with Gasteiger partial charge in [-0.3, -0.25) is 0 Å². The molecule has 100 valence electrons. The van der Waals surface area contributed by atoms with Gasteiger partial charge in [0.2, 0.25) is 0 Å². The molecular weight excluding hydrogens is 230 g/mol. The summed E-state index contributed by atoms with van der Waals surface area (Å²) in [7, 11) is 0. The molecule has 1 atom stereocenters. The van der Waals surface area contributed by atoms with Gasteiger partial charge >= 0.3 is 0 Å². The first-order valence-electron chi connectivity index (χ1n) is 6.46. The minimum absolute atomic E-state index is 0.537. The van der Waals surface area contributed by atoms with Crippen molar-refractivity contribution in [3.63, 3.8) is 0 Å². The lowest BCUT2D eigenvalue weighted by Crippen LogP contribution is -2.13. The van der Waals surface area contributed by atoms with Gasteiger partial charge in [0.15, 0.2) is 0 Å². The van der Waals surface area contributed by atoms with Crippen molar-refractivity contribution in [3.05, 3.63) is 29.8 Å². The molecule has 4 nitrogen and oxygen atoms in total. The van der Waals surface area contributed by atoms with E-state index in [1.54, 1.807) is 0 Å². The third-order valence-electron chi connectivity index (χ3n) is 3.01. The van der Waals surface area contributed by atoms with Crippen LogP contribution in [0.2, 0.25) is 0 Å². The molecule has 0 aliphatic carbocycles. The van der Waals surface area contributed by atoms with Crippen LogP contribution in [0.3, 0.4) is 0 Å². The summed E-state index contributed by atoms with van der Waals surface area (Å²) in [6.45, 7) is 4.20. The maximum atomic E-state index is 5.60. The second kappa shape index (κ2) is 7.36. The van der Waals surface area contributed by atoms with Crippen molar-refractivity contribution in [3.8, 4) is 5.75 Å². The van der Waals surface area contributed by atoms with E-state index in [9.17, 15) is 0 Å². The van der Waals surface area contributed by atoms with Crippen molar-refractivity contribution in [2.24, 2.45) is 11.7 Å². The molecule has 4 heteroatoms. The number of rotatable bonds is 7. The molecule has 1 saturated heterocycles. The molecule has 1 heterocycles. The third-order valence-corrected chi connectivity index (χ3v) is 3.01. The topological polar surface area (TPSA) is 53.7 Å². The second-order valence-corrected chi connectivity index (χ2v) is 4.50. The molecule has 18 heavy (non-hydrogen) atoms. The van der Waals surface area contributed by atoms with Crippen molar-refractivity contribution in [2.45, 2.75) is 13.0 Å². The van der Waals surface area contributed by atoms with Crippen LogP contribution in [0.15, 0.2) is 24.3 Å². The van der Waals surface area contributed by atoms with Crippen molar-refractivity contribution >= 4 is 0 Å². The Bertz CT molecular complexity index is 351. The van der Waals surface area contributed by atoms with Gasteiger partial charge in [-0.2, -0.15) is 0 Å². The first-order valence-corrected chi connectivity index (χ1v) is 6.46. The molecule has 2 N–H and O–H groups in total. The lowest BCUT2D eigenvalue weighted by Gasteiger charge is -2.10. The van der Waals surface area contributed by atoms with Crippen LogP contribution in [0.4, 0.5) is 0 Å². The summed E-state index contributed by atoms with van der Waals surface area (Å²) in [5, 5.41) is 0. The van der Waals surface area contributed by atoms with Gasteiger partial charge in [-0.1, -0.05) is 12.1 Å². The van der Waals surface area contributed by atoms with Crippen molar-refractivity contribution in [1.82, 2.24) is 0 Å². The molecular formula is C14H21NO3. The van der Waals surface area contributed by atoms with Gasteiger partial charge < -0.3 is 19.9 Å².